The van der Waals surface area contributed by atoms with Crippen LogP contribution in [-0.4, -0.2) is 32.8 Å². The molecule has 4 heterocycles. The molecular formula is C15H17N5. The van der Waals surface area contributed by atoms with Crippen LogP contribution in [0.1, 0.15) is 17.3 Å². The molecule has 0 aliphatic carbocycles. The molecule has 1 fully saturated rings. The fraction of sp³-hybridized carbons (Fsp3) is 0.333. The number of pyridine rings is 1. The molecule has 0 atom stereocenters. The van der Waals surface area contributed by atoms with E-state index in [9.17, 15) is 0 Å². The van der Waals surface area contributed by atoms with Gasteiger partial charge in [-0.2, -0.15) is 5.10 Å². The molecule has 0 radical (unpaired) electrons. The molecule has 0 aromatic carbocycles. The quantitative estimate of drug-likeness (QED) is 0.748. The number of fused-ring (bicyclic) bond motifs is 1. The van der Waals surface area contributed by atoms with Gasteiger partial charge in [-0.1, -0.05) is 0 Å². The molecule has 20 heavy (non-hydrogen) atoms. The van der Waals surface area contributed by atoms with Crippen LogP contribution in [0.3, 0.4) is 0 Å². The first-order valence-corrected chi connectivity index (χ1v) is 6.93. The number of hydrogen-bond acceptors (Lipinski definition) is 3. The van der Waals surface area contributed by atoms with Gasteiger partial charge in [-0.15, -0.1) is 0 Å². The van der Waals surface area contributed by atoms with Crippen molar-refractivity contribution in [2.75, 3.05) is 13.1 Å². The van der Waals surface area contributed by atoms with Gasteiger partial charge in [-0.25, -0.2) is 4.98 Å². The summed E-state index contributed by atoms with van der Waals surface area (Å²) in [7, 11) is 0. The van der Waals surface area contributed by atoms with Crippen molar-refractivity contribution in [2.24, 2.45) is 0 Å². The number of aromatic amines is 1. The maximum absolute atomic E-state index is 4.64. The lowest BCUT2D eigenvalue weighted by atomic mass is 10.1. The van der Waals surface area contributed by atoms with Gasteiger partial charge >= 0.3 is 0 Å². The lowest BCUT2D eigenvalue weighted by Gasteiger charge is -2.27. The Morgan fingerprint density at radius 2 is 2.15 bits per heavy atom. The maximum Gasteiger partial charge on any atom is 0.137 e. The second-order valence-electron chi connectivity index (χ2n) is 5.49. The Balaban J connectivity index is 1.82. The number of aryl methyl sites for hydroxylation is 2. The summed E-state index contributed by atoms with van der Waals surface area (Å²) in [6, 6.07) is 4.70. The minimum Gasteiger partial charge on any atom is -0.339 e. The van der Waals surface area contributed by atoms with Crippen molar-refractivity contribution in [3.8, 4) is 11.3 Å². The average Bonchev–Trinajstić information content (AvgIpc) is 2.92. The molecule has 3 aromatic rings. The Bertz CT molecular complexity index is 779. The van der Waals surface area contributed by atoms with Crippen molar-refractivity contribution in [2.45, 2.75) is 19.9 Å². The summed E-state index contributed by atoms with van der Waals surface area (Å²) in [5.74, 6) is 0. The molecule has 0 spiro atoms. The van der Waals surface area contributed by atoms with E-state index in [4.69, 9.17) is 0 Å². The minimum atomic E-state index is 0.492. The zero-order valence-corrected chi connectivity index (χ0v) is 11.6. The lowest BCUT2D eigenvalue weighted by molar-refractivity contribution is 0.317. The number of nitrogens with one attached hydrogen (secondary N) is 2. The van der Waals surface area contributed by atoms with Crippen LogP contribution in [0, 0.1) is 13.8 Å². The van der Waals surface area contributed by atoms with E-state index >= 15 is 0 Å². The van der Waals surface area contributed by atoms with Gasteiger partial charge < -0.3 is 10.3 Å². The van der Waals surface area contributed by atoms with Crippen molar-refractivity contribution in [1.29, 1.82) is 0 Å². The number of H-pyrrole nitrogens is 1. The standard InChI is InChI=1S/C15H17N5/c1-9-3-4-17-15-12(9)5-14(18-15)13-8-20(19-10(13)2)11-6-16-7-11/h3-5,8,11,16H,6-7H2,1-2H3,(H,17,18). The third-order valence-electron chi connectivity index (χ3n) is 4.09. The molecule has 1 aliphatic heterocycles. The first kappa shape index (κ1) is 11.7. The predicted molar refractivity (Wildman–Crippen MR) is 78.7 cm³/mol. The van der Waals surface area contributed by atoms with E-state index in [1.807, 2.05) is 12.3 Å². The molecule has 0 saturated carbocycles. The molecule has 0 amide bonds. The zero-order valence-electron chi connectivity index (χ0n) is 11.6. The molecule has 3 aromatic heterocycles. The summed E-state index contributed by atoms with van der Waals surface area (Å²) >= 11 is 0. The molecule has 2 N–H and O–H groups in total. The van der Waals surface area contributed by atoms with Crippen molar-refractivity contribution in [1.82, 2.24) is 25.1 Å². The third-order valence-corrected chi connectivity index (χ3v) is 4.09. The van der Waals surface area contributed by atoms with E-state index in [1.165, 1.54) is 10.9 Å². The zero-order chi connectivity index (χ0) is 13.7. The highest BCUT2D eigenvalue weighted by Gasteiger charge is 2.21. The van der Waals surface area contributed by atoms with E-state index in [0.717, 1.165) is 35.7 Å². The summed E-state index contributed by atoms with van der Waals surface area (Å²) in [4.78, 5) is 7.80. The third kappa shape index (κ3) is 1.67. The Morgan fingerprint density at radius 1 is 1.30 bits per heavy atom. The molecule has 0 unspecified atom stereocenters. The number of aromatic nitrogens is 4. The van der Waals surface area contributed by atoms with Crippen LogP contribution in [0.15, 0.2) is 24.5 Å². The topological polar surface area (TPSA) is 58.5 Å². The molecule has 1 aliphatic rings. The van der Waals surface area contributed by atoms with Gasteiger partial charge in [-0.3, -0.25) is 4.68 Å². The summed E-state index contributed by atoms with van der Waals surface area (Å²) in [6.07, 6.45) is 3.98. The summed E-state index contributed by atoms with van der Waals surface area (Å²) in [5, 5.41) is 9.10. The number of nitrogens with zero attached hydrogens (tertiary/aromatic N) is 3. The van der Waals surface area contributed by atoms with E-state index < -0.39 is 0 Å². The van der Waals surface area contributed by atoms with Crippen LogP contribution in [0.2, 0.25) is 0 Å². The van der Waals surface area contributed by atoms with Gasteiger partial charge in [0.1, 0.15) is 5.65 Å². The average molecular weight is 267 g/mol. The highest BCUT2D eigenvalue weighted by molar-refractivity contribution is 5.85. The van der Waals surface area contributed by atoms with E-state index in [-0.39, 0.29) is 0 Å². The van der Waals surface area contributed by atoms with Crippen LogP contribution in [0.4, 0.5) is 0 Å². The number of hydrogen-bond donors (Lipinski definition) is 2. The SMILES string of the molecule is Cc1nn(C2CNC2)cc1-c1cc2c(C)ccnc2[nH]1. The fourth-order valence-corrected chi connectivity index (χ4v) is 2.70. The molecule has 0 bridgehead atoms. The van der Waals surface area contributed by atoms with Crippen LogP contribution in [-0.2, 0) is 0 Å². The van der Waals surface area contributed by atoms with Gasteiger partial charge in [0.15, 0.2) is 0 Å². The van der Waals surface area contributed by atoms with Crippen molar-refractivity contribution in [3.05, 3.63) is 35.8 Å². The lowest BCUT2D eigenvalue weighted by Crippen LogP contribution is -2.43. The van der Waals surface area contributed by atoms with Gasteiger partial charge in [-0.05, 0) is 31.5 Å². The van der Waals surface area contributed by atoms with Crippen molar-refractivity contribution in [3.63, 3.8) is 0 Å². The van der Waals surface area contributed by atoms with Crippen LogP contribution >= 0.6 is 0 Å². The molecule has 102 valence electrons. The Morgan fingerprint density at radius 3 is 2.85 bits per heavy atom. The minimum absolute atomic E-state index is 0.492. The van der Waals surface area contributed by atoms with Crippen molar-refractivity contribution < 1.29 is 0 Å². The largest absolute Gasteiger partial charge is 0.339 e. The molecular weight excluding hydrogens is 250 g/mol. The molecule has 5 nitrogen and oxygen atoms in total. The van der Waals surface area contributed by atoms with E-state index in [2.05, 4.69) is 51.2 Å². The van der Waals surface area contributed by atoms with Gasteiger partial charge in [0.25, 0.3) is 0 Å². The second kappa shape index (κ2) is 4.18. The first-order valence-electron chi connectivity index (χ1n) is 6.93. The monoisotopic (exact) mass is 267 g/mol. The van der Waals surface area contributed by atoms with Gasteiger partial charge in [0.05, 0.1) is 17.4 Å². The highest BCUT2D eigenvalue weighted by atomic mass is 15.3. The van der Waals surface area contributed by atoms with Crippen LogP contribution < -0.4 is 5.32 Å². The second-order valence-corrected chi connectivity index (χ2v) is 5.49. The smallest absolute Gasteiger partial charge is 0.137 e. The number of rotatable bonds is 2. The summed E-state index contributed by atoms with van der Waals surface area (Å²) in [6.45, 7) is 6.18. The normalized spacial score (nSPS) is 15.7. The van der Waals surface area contributed by atoms with Gasteiger partial charge in [0.2, 0.25) is 0 Å². The van der Waals surface area contributed by atoms with E-state index in [1.54, 1.807) is 0 Å². The Kier molecular flexibility index (Phi) is 2.44. The first-order chi connectivity index (χ1) is 9.72. The fourth-order valence-electron chi connectivity index (χ4n) is 2.70. The highest BCUT2D eigenvalue weighted by Crippen LogP contribution is 2.28. The summed E-state index contributed by atoms with van der Waals surface area (Å²) < 4.78 is 2.08. The Hall–Kier alpha value is -2.14. The molecule has 5 heteroatoms. The molecule has 1 saturated heterocycles. The van der Waals surface area contributed by atoms with Gasteiger partial charge in [0, 0.05) is 36.4 Å². The summed E-state index contributed by atoms with van der Waals surface area (Å²) in [5.41, 5.74) is 5.50. The Labute approximate surface area is 117 Å². The predicted octanol–water partition coefficient (Wildman–Crippen LogP) is 2.19. The van der Waals surface area contributed by atoms with E-state index in [0.29, 0.717) is 6.04 Å². The molecule has 4 rings (SSSR count). The van der Waals surface area contributed by atoms with Crippen molar-refractivity contribution >= 4 is 11.0 Å². The maximum atomic E-state index is 4.64. The van der Waals surface area contributed by atoms with Crippen LogP contribution in [0.25, 0.3) is 22.3 Å². The van der Waals surface area contributed by atoms with Crippen LogP contribution in [0.5, 0.6) is 0 Å².